The number of hydrogen-bond donors (Lipinski definition) is 3. The first-order valence-electron chi connectivity index (χ1n) is 7.79. The third kappa shape index (κ3) is 3.82. The van der Waals surface area contributed by atoms with Crippen molar-refractivity contribution in [2.24, 2.45) is 11.0 Å². The highest BCUT2D eigenvalue weighted by molar-refractivity contribution is 6.30. The Morgan fingerprint density at radius 3 is 2.54 bits per heavy atom. The summed E-state index contributed by atoms with van der Waals surface area (Å²) in [6, 6.07) is 17.0. The molecule has 1 heterocycles. The smallest absolute Gasteiger partial charge is 0.258 e. The molecule has 2 aromatic carbocycles. The minimum Gasteiger partial charge on any atom is -0.271 e. The van der Waals surface area contributed by atoms with Crippen LogP contribution in [0.2, 0.25) is 5.02 Å². The lowest BCUT2D eigenvalue weighted by Gasteiger charge is -2.17. The highest BCUT2D eigenvalue weighted by atomic mass is 35.5. The molecule has 3 N–H and O–H groups in total. The molecular formula is C18H19ClN4O. The van der Waals surface area contributed by atoms with Gasteiger partial charge < -0.3 is 0 Å². The molecule has 1 aliphatic heterocycles. The number of halogens is 1. The highest BCUT2D eigenvalue weighted by Gasteiger charge is 2.37. The van der Waals surface area contributed by atoms with Crippen molar-refractivity contribution in [1.29, 1.82) is 0 Å². The Kier molecular flexibility index (Phi) is 5.25. The van der Waals surface area contributed by atoms with Gasteiger partial charge in [-0.05, 0) is 23.3 Å². The molecule has 124 valence electrons. The van der Waals surface area contributed by atoms with E-state index in [4.69, 9.17) is 11.6 Å². The summed E-state index contributed by atoms with van der Waals surface area (Å²) in [4.78, 5) is 12.3. The maximum Gasteiger partial charge on any atom is 0.258 e. The van der Waals surface area contributed by atoms with E-state index >= 15 is 0 Å². The quantitative estimate of drug-likeness (QED) is 0.591. The SMILES string of the molecule is CC1C(C(=O)N/N=C/c2ccc(Cl)cc2)NNC1c1ccccc1. The fraction of sp³-hybridized carbons (Fsp3) is 0.222. The molecule has 0 bridgehead atoms. The van der Waals surface area contributed by atoms with Crippen molar-refractivity contribution >= 4 is 23.7 Å². The molecule has 0 spiro atoms. The Hall–Kier alpha value is -2.21. The van der Waals surface area contributed by atoms with Crippen LogP contribution in [0.1, 0.15) is 24.1 Å². The monoisotopic (exact) mass is 342 g/mol. The van der Waals surface area contributed by atoms with Gasteiger partial charge in [-0.1, -0.05) is 61.0 Å². The number of carbonyl (C=O) groups excluding carboxylic acids is 1. The van der Waals surface area contributed by atoms with Crippen molar-refractivity contribution in [3.8, 4) is 0 Å². The van der Waals surface area contributed by atoms with Gasteiger partial charge in [-0.15, -0.1) is 0 Å². The maximum absolute atomic E-state index is 12.3. The topological polar surface area (TPSA) is 65.5 Å². The normalized spacial score (nSPS) is 23.5. The summed E-state index contributed by atoms with van der Waals surface area (Å²) in [5.74, 6) is -0.0724. The van der Waals surface area contributed by atoms with Gasteiger partial charge in [-0.3, -0.25) is 4.79 Å². The van der Waals surface area contributed by atoms with Crippen molar-refractivity contribution < 1.29 is 4.79 Å². The Bertz CT molecular complexity index is 718. The van der Waals surface area contributed by atoms with Gasteiger partial charge >= 0.3 is 0 Å². The molecule has 3 unspecified atom stereocenters. The van der Waals surface area contributed by atoms with Crippen molar-refractivity contribution in [2.45, 2.75) is 19.0 Å². The lowest BCUT2D eigenvalue weighted by molar-refractivity contribution is -0.123. The van der Waals surface area contributed by atoms with E-state index < -0.39 is 0 Å². The first-order valence-corrected chi connectivity index (χ1v) is 8.17. The molecule has 1 saturated heterocycles. The van der Waals surface area contributed by atoms with Crippen molar-refractivity contribution in [3.05, 3.63) is 70.7 Å². The molecule has 0 saturated carbocycles. The van der Waals surface area contributed by atoms with Crippen molar-refractivity contribution in [3.63, 3.8) is 0 Å². The summed E-state index contributed by atoms with van der Waals surface area (Å²) in [6.45, 7) is 2.04. The Labute approximate surface area is 146 Å². The molecule has 0 radical (unpaired) electrons. The van der Waals surface area contributed by atoms with Crippen LogP contribution in [0.4, 0.5) is 0 Å². The van der Waals surface area contributed by atoms with Gasteiger partial charge in [0, 0.05) is 10.9 Å². The van der Waals surface area contributed by atoms with Gasteiger partial charge in [0.1, 0.15) is 6.04 Å². The first-order chi connectivity index (χ1) is 11.6. The number of benzene rings is 2. The van der Waals surface area contributed by atoms with Crippen LogP contribution in [-0.2, 0) is 4.79 Å². The molecule has 0 aromatic heterocycles. The van der Waals surface area contributed by atoms with E-state index in [9.17, 15) is 4.79 Å². The van der Waals surface area contributed by atoms with E-state index in [0.717, 1.165) is 11.1 Å². The molecule has 5 nitrogen and oxygen atoms in total. The molecule has 6 heteroatoms. The van der Waals surface area contributed by atoms with Gasteiger partial charge in [-0.25, -0.2) is 16.3 Å². The largest absolute Gasteiger partial charge is 0.271 e. The van der Waals surface area contributed by atoms with Gasteiger partial charge in [-0.2, -0.15) is 5.10 Å². The highest BCUT2D eigenvalue weighted by Crippen LogP contribution is 2.28. The van der Waals surface area contributed by atoms with E-state index in [0.29, 0.717) is 5.02 Å². The molecule has 1 fully saturated rings. The second-order valence-corrected chi connectivity index (χ2v) is 6.24. The Balaban J connectivity index is 1.58. The minimum absolute atomic E-state index is 0.0854. The molecule has 3 atom stereocenters. The summed E-state index contributed by atoms with van der Waals surface area (Å²) in [5, 5.41) is 4.68. The number of nitrogens with one attached hydrogen (secondary N) is 3. The summed E-state index contributed by atoms with van der Waals surface area (Å²) < 4.78 is 0. The fourth-order valence-electron chi connectivity index (χ4n) is 2.78. The molecule has 2 aromatic rings. The number of hydrazine groups is 1. The zero-order valence-corrected chi connectivity index (χ0v) is 14.0. The standard InChI is InChI=1S/C18H19ClN4O/c1-12-16(14-5-3-2-4-6-14)21-22-17(12)18(24)23-20-11-13-7-9-15(19)10-8-13/h2-12,16-17,21-22H,1H3,(H,23,24)/b20-11+. The van der Waals surface area contributed by atoms with E-state index in [2.05, 4.69) is 33.5 Å². The van der Waals surface area contributed by atoms with Gasteiger partial charge in [0.15, 0.2) is 0 Å². The molecular weight excluding hydrogens is 324 g/mol. The Morgan fingerprint density at radius 2 is 1.83 bits per heavy atom. The summed E-state index contributed by atoms with van der Waals surface area (Å²) in [7, 11) is 0. The number of amides is 1. The lowest BCUT2D eigenvalue weighted by atomic mass is 9.91. The van der Waals surface area contributed by atoms with Crippen LogP contribution in [0.5, 0.6) is 0 Å². The third-order valence-corrected chi connectivity index (χ3v) is 4.40. The molecule has 3 rings (SSSR count). The third-order valence-electron chi connectivity index (χ3n) is 4.15. The van der Waals surface area contributed by atoms with Crippen LogP contribution in [-0.4, -0.2) is 18.2 Å². The predicted octanol–water partition coefficient (Wildman–Crippen LogP) is 2.64. The number of rotatable bonds is 4. The van der Waals surface area contributed by atoms with E-state index in [1.54, 1.807) is 18.3 Å². The second kappa shape index (κ2) is 7.57. The maximum atomic E-state index is 12.3. The molecule has 1 amide bonds. The zero-order chi connectivity index (χ0) is 16.9. The number of carbonyl (C=O) groups is 1. The van der Waals surface area contributed by atoms with Gasteiger partial charge in [0.05, 0.1) is 12.3 Å². The van der Waals surface area contributed by atoms with E-state index in [-0.39, 0.29) is 23.9 Å². The Morgan fingerprint density at radius 1 is 1.12 bits per heavy atom. The van der Waals surface area contributed by atoms with Crippen LogP contribution < -0.4 is 16.3 Å². The summed E-state index contributed by atoms with van der Waals surface area (Å²) in [6.07, 6.45) is 1.59. The molecule has 24 heavy (non-hydrogen) atoms. The average molecular weight is 343 g/mol. The lowest BCUT2D eigenvalue weighted by Crippen LogP contribution is -2.43. The number of hydrazone groups is 1. The van der Waals surface area contributed by atoms with Crippen LogP contribution >= 0.6 is 11.6 Å². The second-order valence-electron chi connectivity index (χ2n) is 5.80. The zero-order valence-electron chi connectivity index (χ0n) is 13.2. The average Bonchev–Trinajstić information content (AvgIpc) is 2.99. The molecule has 1 aliphatic rings. The summed E-state index contributed by atoms with van der Waals surface area (Å²) in [5.41, 5.74) is 10.9. The van der Waals surface area contributed by atoms with Gasteiger partial charge in [0.2, 0.25) is 0 Å². The molecule has 0 aliphatic carbocycles. The van der Waals surface area contributed by atoms with Crippen LogP contribution in [0.3, 0.4) is 0 Å². The van der Waals surface area contributed by atoms with E-state index in [1.165, 1.54) is 0 Å². The predicted molar refractivity (Wildman–Crippen MR) is 95.6 cm³/mol. The van der Waals surface area contributed by atoms with Crippen LogP contribution in [0.15, 0.2) is 59.7 Å². The van der Waals surface area contributed by atoms with Crippen molar-refractivity contribution in [1.82, 2.24) is 16.3 Å². The fourth-order valence-corrected chi connectivity index (χ4v) is 2.90. The minimum atomic E-state index is -0.349. The number of nitrogens with zero attached hydrogens (tertiary/aromatic N) is 1. The summed E-state index contributed by atoms with van der Waals surface area (Å²) >= 11 is 5.83. The van der Waals surface area contributed by atoms with Crippen molar-refractivity contribution in [2.75, 3.05) is 0 Å². The number of hydrogen-bond acceptors (Lipinski definition) is 4. The van der Waals surface area contributed by atoms with Gasteiger partial charge in [0.25, 0.3) is 5.91 Å². The van der Waals surface area contributed by atoms with Crippen LogP contribution in [0, 0.1) is 5.92 Å². The van der Waals surface area contributed by atoms with Crippen LogP contribution in [0.25, 0.3) is 0 Å². The first kappa shape index (κ1) is 16.6. The van der Waals surface area contributed by atoms with E-state index in [1.807, 2.05) is 37.3 Å².